The molecule has 0 fully saturated rings. The molecule has 0 bridgehead atoms. The van der Waals surface area contributed by atoms with Crippen LogP contribution in [0.1, 0.15) is 19.9 Å². The number of nitrogens with zero attached hydrogens (tertiary/aromatic N) is 2. The summed E-state index contributed by atoms with van der Waals surface area (Å²) in [4.78, 5) is 0. The lowest BCUT2D eigenvalue weighted by molar-refractivity contribution is 0.542. The summed E-state index contributed by atoms with van der Waals surface area (Å²) < 4.78 is 1.76. The molecule has 0 spiro atoms. The van der Waals surface area contributed by atoms with Gasteiger partial charge in [0.15, 0.2) is 0 Å². The Balaban J connectivity index is 2.50. The number of rotatable bonds is 2. The van der Waals surface area contributed by atoms with Crippen molar-refractivity contribution >= 4 is 29.0 Å². The summed E-state index contributed by atoms with van der Waals surface area (Å²) in [5.41, 5.74) is 7.49. The summed E-state index contributed by atoms with van der Waals surface area (Å²) in [5.74, 6) is 0.626. The molecule has 0 aliphatic carbocycles. The maximum absolute atomic E-state index is 6.13. The Morgan fingerprint density at radius 2 is 1.94 bits per heavy atom. The minimum absolute atomic E-state index is 0.217. The van der Waals surface area contributed by atoms with E-state index in [2.05, 4.69) is 5.10 Å². The fourth-order valence-electron chi connectivity index (χ4n) is 1.65. The third-order valence-corrected chi connectivity index (χ3v) is 3.01. The van der Waals surface area contributed by atoms with Crippen LogP contribution in [0.25, 0.3) is 11.3 Å². The van der Waals surface area contributed by atoms with Crippen LogP contribution in [0.5, 0.6) is 0 Å². The van der Waals surface area contributed by atoms with Gasteiger partial charge in [0.05, 0.1) is 10.7 Å². The number of hydrogen-bond acceptors (Lipinski definition) is 2. The zero-order chi connectivity index (χ0) is 12.6. The van der Waals surface area contributed by atoms with Crippen molar-refractivity contribution in [1.29, 1.82) is 0 Å². The van der Waals surface area contributed by atoms with Crippen LogP contribution >= 0.6 is 23.2 Å². The first-order chi connectivity index (χ1) is 7.99. The summed E-state index contributed by atoms with van der Waals surface area (Å²) in [6.45, 7) is 4.05. The van der Waals surface area contributed by atoms with Crippen LogP contribution in [0.15, 0.2) is 24.3 Å². The molecule has 2 aromatic rings. The standard InChI is InChI=1S/C12H13Cl2N3/c1-7(2)17-12(15)6-11(16-17)9-4-3-8(13)5-10(9)14/h3-7H,15H2,1-2H3. The second-order valence-electron chi connectivity index (χ2n) is 4.12. The highest BCUT2D eigenvalue weighted by Gasteiger charge is 2.12. The molecule has 0 amide bonds. The quantitative estimate of drug-likeness (QED) is 0.895. The lowest BCUT2D eigenvalue weighted by atomic mass is 10.1. The van der Waals surface area contributed by atoms with Gasteiger partial charge in [0.25, 0.3) is 0 Å². The van der Waals surface area contributed by atoms with Gasteiger partial charge in [-0.15, -0.1) is 0 Å². The minimum atomic E-state index is 0.217. The molecule has 2 rings (SSSR count). The topological polar surface area (TPSA) is 43.8 Å². The fraction of sp³-hybridized carbons (Fsp3) is 0.250. The second kappa shape index (κ2) is 4.59. The van der Waals surface area contributed by atoms with Gasteiger partial charge in [-0.25, -0.2) is 4.68 Å². The molecule has 5 heteroatoms. The molecule has 0 saturated heterocycles. The monoisotopic (exact) mass is 269 g/mol. The van der Waals surface area contributed by atoms with Crippen molar-refractivity contribution in [3.8, 4) is 11.3 Å². The van der Waals surface area contributed by atoms with Crippen LogP contribution in [0.3, 0.4) is 0 Å². The number of aromatic nitrogens is 2. The van der Waals surface area contributed by atoms with E-state index in [-0.39, 0.29) is 6.04 Å². The van der Waals surface area contributed by atoms with Crippen LogP contribution in [-0.4, -0.2) is 9.78 Å². The van der Waals surface area contributed by atoms with Crippen molar-refractivity contribution < 1.29 is 0 Å². The van der Waals surface area contributed by atoms with Crippen molar-refractivity contribution in [2.75, 3.05) is 5.73 Å². The van der Waals surface area contributed by atoms with Gasteiger partial charge < -0.3 is 5.73 Å². The van der Waals surface area contributed by atoms with Crippen LogP contribution in [0, 0.1) is 0 Å². The highest BCUT2D eigenvalue weighted by atomic mass is 35.5. The number of nitrogens with two attached hydrogens (primary N) is 1. The van der Waals surface area contributed by atoms with Crippen molar-refractivity contribution in [2.45, 2.75) is 19.9 Å². The number of hydrogen-bond donors (Lipinski definition) is 1. The van der Waals surface area contributed by atoms with Crippen LogP contribution in [0.4, 0.5) is 5.82 Å². The molecule has 3 nitrogen and oxygen atoms in total. The number of anilines is 1. The molecule has 0 atom stereocenters. The van der Waals surface area contributed by atoms with E-state index in [1.807, 2.05) is 26.0 Å². The summed E-state index contributed by atoms with van der Waals surface area (Å²) in [7, 11) is 0. The third kappa shape index (κ3) is 2.40. The Kier molecular flexibility index (Phi) is 3.31. The van der Waals surface area contributed by atoms with Gasteiger partial charge >= 0.3 is 0 Å². The second-order valence-corrected chi connectivity index (χ2v) is 4.96. The summed E-state index contributed by atoms with van der Waals surface area (Å²) in [6.07, 6.45) is 0. The summed E-state index contributed by atoms with van der Waals surface area (Å²) >= 11 is 12.0. The Labute approximate surface area is 110 Å². The highest BCUT2D eigenvalue weighted by molar-refractivity contribution is 6.36. The molecule has 1 aromatic heterocycles. The molecule has 90 valence electrons. The van der Waals surface area contributed by atoms with Gasteiger partial charge in [-0.3, -0.25) is 0 Å². The molecule has 1 aromatic carbocycles. The predicted octanol–water partition coefficient (Wildman–Crippen LogP) is 4.02. The molecule has 0 aliphatic rings. The van der Waals surface area contributed by atoms with Crippen molar-refractivity contribution in [3.63, 3.8) is 0 Å². The van der Waals surface area contributed by atoms with Gasteiger partial charge in [0.2, 0.25) is 0 Å². The van der Waals surface area contributed by atoms with E-state index in [1.165, 1.54) is 0 Å². The van der Waals surface area contributed by atoms with E-state index < -0.39 is 0 Å². The fourth-order valence-corrected chi connectivity index (χ4v) is 2.16. The smallest absolute Gasteiger partial charge is 0.122 e. The Bertz CT molecular complexity index is 547. The van der Waals surface area contributed by atoms with E-state index in [0.717, 1.165) is 11.3 Å². The SMILES string of the molecule is CC(C)n1nc(-c2ccc(Cl)cc2Cl)cc1N. The first-order valence-electron chi connectivity index (χ1n) is 5.29. The van der Waals surface area contributed by atoms with E-state index in [9.17, 15) is 0 Å². The third-order valence-electron chi connectivity index (χ3n) is 2.46. The summed E-state index contributed by atoms with van der Waals surface area (Å²) in [6, 6.07) is 7.36. The molecule has 0 saturated carbocycles. The van der Waals surface area contributed by atoms with E-state index >= 15 is 0 Å². The van der Waals surface area contributed by atoms with E-state index in [4.69, 9.17) is 28.9 Å². The lowest BCUT2D eigenvalue weighted by Gasteiger charge is -2.06. The number of nitrogen functional groups attached to an aromatic ring is 1. The molecular weight excluding hydrogens is 257 g/mol. The molecule has 0 unspecified atom stereocenters. The zero-order valence-electron chi connectivity index (χ0n) is 9.61. The predicted molar refractivity (Wildman–Crippen MR) is 72.5 cm³/mol. The molecule has 1 heterocycles. The van der Waals surface area contributed by atoms with Crippen LogP contribution in [0.2, 0.25) is 10.0 Å². The number of halogens is 2. The largest absolute Gasteiger partial charge is 0.384 e. The Morgan fingerprint density at radius 3 is 2.47 bits per heavy atom. The van der Waals surface area contributed by atoms with Gasteiger partial charge in [-0.1, -0.05) is 23.2 Å². The van der Waals surface area contributed by atoms with Crippen LogP contribution in [-0.2, 0) is 0 Å². The maximum Gasteiger partial charge on any atom is 0.122 e. The van der Waals surface area contributed by atoms with Crippen molar-refractivity contribution in [3.05, 3.63) is 34.3 Å². The average molecular weight is 270 g/mol. The molecular formula is C12H13Cl2N3. The Morgan fingerprint density at radius 1 is 1.24 bits per heavy atom. The Hall–Kier alpha value is -1.19. The lowest BCUT2D eigenvalue weighted by Crippen LogP contribution is -2.06. The molecule has 2 N–H and O–H groups in total. The van der Waals surface area contributed by atoms with E-state index in [0.29, 0.717) is 15.9 Å². The summed E-state index contributed by atoms with van der Waals surface area (Å²) in [5, 5.41) is 5.62. The van der Waals surface area contributed by atoms with Gasteiger partial charge in [0, 0.05) is 22.7 Å². The molecule has 17 heavy (non-hydrogen) atoms. The first-order valence-corrected chi connectivity index (χ1v) is 6.05. The van der Waals surface area contributed by atoms with Crippen molar-refractivity contribution in [1.82, 2.24) is 9.78 Å². The minimum Gasteiger partial charge on any atom is -0.384 e. The van der Waals surface area contributed by atoms with E-state index in [1.54, 1.807) is 16.8 Å². The molecule has 0 aliphatic heterocycles. The maximum atomic E-state index is 6.13. The van der Waals surface area contributed by atoms with Gasteiger partial charge in [-0.2, -0.15) is 5.10 Å². The highest BCUT2D eigenvalue weighted by Crippen LogP contribution is 2.31. The van der Waals surface area contributed by atoms with Gasteiger partial charge in [-0.05, 0) is 32.0 Å². The molecule has 0 radical (unpaired) electrons. The average Bonchev–Trinajstić information content (AvgIpc) is 2.60. The zero-order valence-corrected chi connectivity index (χ0v) is 11.1. The normalized spacial score (nSPS) is 11.1. The van der Waals surface area contributed by atoms with Gasteiger partial charge in [0.1, 0.15) is 5.82 Å². The number of benzene rings is 1. The first kappa shape index (κ1) is 12.3. The van der Waals surface area contributed by atoms with Crippen molar-refractivity contribution in [2.24, 2.45) is 0 Å². The van der Waals surface area contributed by atoms with Crippen LogP contribution < -0.4 is 5.73 Å².